The summed E-state index contributed by atoms with van der Waals surface area (Å²) >= 11 is 0. The number of amides is 1. The zero-order chi connectivity index (χ0) is 20.7. The van der Waals surface area contributed by atoms with Crippen LogP contribution >= 0.6 is 0 Å². The number of rotatable bonds is 3. The minimum Gasteiger partial charge on any atom is -0.494 e. The van der Waals surface area contributed by atoms with Crippen LogP contribution in [0.4, 0.5) is 5.69 Å². The van der Waals surface area contributed by atoms with Gasteiger partial charge < -0.3 is 15.0 Å². The van der Waals surface area contributed by atoms with Crippen LogP contribution in [0.3, 0.4) is 0 Å². The predicted molar refractivity (Wildman–Crippen MR) is 115 cm³/mol. The number of fused-ring (bicyclic) bond motifs is 1. The van der Waals surface area contributed by atoms with Crippen molar-refractivity contribution in [3.05, 3.63) is 70.8 Å². The van der Waals surface area contributed by atoms with Crippen LogP contribution < -0.4 is 4.90 Å². The highest BCUT2D eigenvalue weighted by atomic mass is 16.3. The highest BCUT2D eigenvalue weighted by Gasteiger charge is 2.33. The van der Waals surface area contributed by atoms with Crippen LogP contribution in [0.15, 0.2) is 53.5 Å². The lowest BCUT2D eigenvalue weighted by atomic mass is 9.99. The highest BCUT2D eigenvalue weighted by Crippen LogP contribution is 2.38. The van der Waals surface area contributed by atoms with E-state index in [2.05, 4.69) is 33.1 Å². The number of hydrogen-bond donors (Lipinski definition) is 2. The third-order valence-corrected chi connectivity index (χ3v) is 5.81. The Kier molecular flexibility index (Phi) is 4.36. The van der Waals surface area contributed by atoms with Gasteiger partial charge in [-0.05, 0) is 49.1 Å². The topological polar surface area (TPSA) is 92.5 Å². The first kappa shape index (κ1) is 18.2. The second-order valence-electron chi connectivity index (χ2n) is 7.65. The normalized spacial score (nSPS) is 15.6. The first-order chi connectivity index (χ1) is 14.7. The molecule has 6 heteroatoms. The van der Waals surface area contributed by atoms with Crippen molar-refractivity contribution in [1.29, 1.82) is 5.26 Å². The molecule has 0 spiro atoms. The van der Waals surface area contributed by atoms with Crippen molar-refractivity contribution < 1.29 is 9.90 Å². The van der Waals surface area contributed by atoms with Gasteiger partial charge in [-0.1, -0.05) is 24.3 Å². The molecule has 2 aliphatic rings. The summed E-state index contributed by atoms with van der Waals surface area (Å²) in [5.41, 5.74) is 5.01. The van der Waals surface area contributed by atoms with Crippen molar-refractivity contribution in [2.75, 3.05) is 18.0 Å². The van der Waals surface area contributed by atoms with Crippen LogP contribution in [0.2, 0.25) is 0 Å². The molecule has 0 bridgehead atoms. The summed E-state index contributed by atoms with van der Waals surface area (Å²) in [6.45, 7) is 2.14. The molecule has 30 heavy (non-hydrogen) atoms. The van der Waals surface area contributed by atoms with Gasteiger partial charge in [0.05, 0.1) is 34.2 Å². The molecule has 5 rings (SSSR count). The summed E-state index contributed by atoms with van der Waals surface area (Å²) < 4.78 is 0. The molecule has 1 saturated heterocycles. The Morgan fingerprint density at radius 3 is 2.27 bits per heavy atom. The molecular weight excluding hydrogens is 376 g/mol. The number of hydrogen-bond acceptors (Lipinski definition) is 4. The van der Waals surface area contributed by atoms with E-state index >= 15 is 0 Å². The summed E-state index contributed by atoms with van der Waals surface area (Å²) in [7, 11) is 0. The van der Waals surface area contributed by atoms with Crippen molar-refractivity contribution in [3.63, 3.8) is 0 Å². The van der Waals surface area contributed by atoms with Gasteiger partial charge >= 0.3 is 0 Å². The molecule has 2 N–H and O–H groups in total. The lowest BCUT2D eigenvalue weighted by molar-refractivity contribution is 0.101. The number of nitriles is 1. The van der Waals surface area contributed by atoms with E-state index in [9.17, 15) is 9.90 Å². The molecule has 2 aromatic carbocycles. The molecule has 3 heterocycles. The fourth-order valence-corrected chi connectivity index (χ4v) is 4.26. The fourth-order valence-electron chi connectivity index (χ4n) is 4.26. The molecule has 0 radical (unpaired) electrons. The van der Waals surface area contributed by atoms with Gasteiger partial charge in [0, 0.05) is 24.3 Å². The molecule has 0 aliphatic carbocycles. The average Bonchev–Trinajstić information content (AvgIpc) is 3.33. The lowest BCUT2D eigenvalue weighted by Gasteiger charge is -2.28. The van der Waals surface area contributed by atoms with Gasteiger partial charge in [0.1, 0.15) is 0 Å². The van der Waals surface area contributed by atoms with Crippen LogP contribution in [-0.4, -0.2) is 34.8 Å². The SMILES string of the molecule is N#Cc1ccc(C2=NC(=O)c3c(-c4ccc(N5CCCCC5)cc4)[nH]c(O)c32)cc1. The summed E-state index contributed by atoms with van der Waals surface area (Å²) in [6, 6.07) is 17.0. The number of anilines is 1. The van der Waals surface area contributed by atoms with Crippen LogP contribution in [0, 0.1) is 11.3 Å². The number of piperidine rings is 1. The van der Waals surface area contributed by atoms with E-state index in [1.54, 1.807) is 24.3 Å². The number of H-pyrrole nitrogens is 1. The number of nitrogens with zero attached hydrogens (tertiary/aromatic N) is 3. The van der Waals surface area contributed by atoms with Gasteiger partial charge in [-0.3, -0.25) is 4.79 Å². The Hall–Kier alpha value is -3.85. The standard InChI is InChI=1S/C24H20N4O2/c25-14-15-4-6-16(7-5-15)21-19-20(24(30)26-21)22(27-23(19)29)17-8-10-18(11-9-17)28-12-2-1-3-13-28/h4-11,27,29H,1-3,12-13H2. The molecule has 2 aliphatic heterocycles. The van der Waals surface area contributed by atoms with Crippen LogP contribution in [0.5, 0.6) is 5.88 Å². The van der Waals surface area contributed by atoms with Gasteiger partial charge in [-0.2, -0.15) is 5.26 Å². The van der Waals surface area contributed by atoms with E-state index in [4.69, 9.17) is 5.26 Å². The van der Waals surface area contributed by atoms with Crippen molar-refractivity contribution >= 4 is 17.3 Å². The monoisotopic (exact) mass is 396 g/mol. The molecule has 6 nitrogen and oxygen atoms in total. The number of carbonyl (C=O) groups excluding carboxylic acids is 1. The number of aliphatic imine (C=N–C) groups is 1. The first-order valence-electron chi connectivity index (χ1n) is 10.1. The van der Waals surface area contributed by atoms with E-state index in [1.807, 2.05) is 12.1 Å². The maximum atomic E-state index is 12.7. The lowest BCUT2D eigenvalue weighted by Crippen LogP contribution is -2.29. The van der Waals surface area contributed by atoms with Crippen molar-refractivity contribution in [2.45, 2.75) is 19.3 Å². The molecular formula is C24H20N4O2. The third-order valence-electron chi connectivity index (χ3n) is 5.81. The minimum atomic E-state index is -0.379. The van der Waals surface area contributed by atoms with E-state index in [1.165, 1.54) is 24.9 Å². The van der Waals surface area contributed by atoms with Crippen LogP contribution in [0.25, 0.3) is 11.3 Å². The minimum absolute atomic E-state index is 0.0749. The zero-order valence-corrected chi connectivity index (χ0v) is 16.4. The van der Waals surface area contributed by atoms with Gasteiger partial charge in [-0.15, -0.1) is 0 Å². The van der Waals surface area contributed by atoms with E-state index in [-0.39, 0.29) is 11.8 Å². The number of nitrogens with one attached hydrogen (secondary N) is 1. The number of benzene rings is 2. The molecule has 1 aromatic heterocycles. The second-order valence-corrected chi connectivity index (χ2v) is 7.65. The quantitative estimate of drug-likeness (QED) is 0.693. The Morgan fingerprint density at radius 1 is 0.933 bits per heavy atom. The fraction of sp³-hybridized carbons (Fsp3) is 0.208. The largest absolute Gasteiger partial charge is 0.494 e. The Balaban J connectivity index is 1.50. The molecule has 3 aromatic rings. The molecule has 1 amide bonds. The smallest absolute Gasteiger partial charge is 0.280 e. The third kappa shape index (κ3) is 2.96. The summed E-state index contributed by atoms with van der Waals surface area (Å²) in [5, 5.41) is 19.6. The van der Waals surface area contributed by atoms with Crippen LogP contribution in [0.1, 0.15) is 46.3 Å². The Morgan fingerprint density at radius 2 is 1.60 bits per heavy atom. The summed E-state index contributed by atoms with van der Waals surface area (Å²) in [6.07, 6.45) is 3.71. The molecule has 148 valence electrons. The zero-order valence-electron chi connectivity index (χ0n) is 16.4. The van der Waals surface area contributed by atoms with E-state index < -0.39 is 0 Å². The number of aromatic nitrogens is 1. The maximum absolute atomic E-state index is 12.7. The Labute approximate surface area is 174 Å². The predicted octanol–water partition coefficient (Wildman–Crippen LogP) is 4.24. The maximum Gasteiger partial charge on any atom is 0.280 e. The van der Waals surface area contributed by atoms with Gasteiger partial charge in [-0.25, -0.2) is 4.99 Å². The van der Waals surface area contributed by atoms with Crippen molar-refractivity contribution in [1.82, 2.24) is 4.98 Å². The molecule has 0 saturated carbocycles. The summed E-state index contributed by atoms with van der Waals surface area (Å²) in [4.78, 5) is 22.2. The van der Waals surface area contributed by atoms with Crippen LogP contribution in [-0.2, 0) is 0 Å². The second kappa shape index (κ2) is 7.20. The molecule has 1 fully saturated rings. The average molecular weight is 396 g/mol. The van der Waals surface area contributed by atoms with Gasteiger partial charge in [0.15, 0.2) is 5.88 Å². The van der Waals surface area contributed by atoms with E-state index in [0.717, 1.165) is 18.7 Å². The number of aromatic amines is 1. The number of carbonyl (C=O) groups is 1. The molecule has 0 atom stereocenters. The van der Waals surface area contributed by atoms with Crippen molar-refractivity contribution in [3.8, 4) is 23.2 Å². The van der Waals surface area contributed by atoms with Gasteiger partial charge in [0.25, 0.3) is 5.91 Å². The summed E-state index contributed by atoms with van der Waals surface area (Å²) in [5.74, 6) is -0.454. The van der Waals surface area contributed by atoms with Gasteiger partial charge in [0.2, 0.25) is 0 Å². The highest BCUT2D eigenvalue weighted by molar-refractivity contribution is 6.30. The van der Waals surface area contributed by atoms with Crippen molar-refractivity contribution in [2.24, 2.45) is 4.99 Å². The Bertz CT molecular complexity index is 1190. The van der Waals surface area contributed by atoms with E-state index in [0.29, 0.717) is 33.7 Å². The number of aromatic hydroxyl groups is 1. The first-order valence-corrected chi connectivity index (χ1v) is 10.1. The molecule has 0 unspecified atom stereocenters.